The van der Waals surface area contributed by atoms with Crippen LogP contribution in [0.4, 0.5) is 4.79 Å². The molecule has 3 N–H and O–H groups in total. The maximum absolute atomic E-state index is 11.5. The molecule has 0 saturated carbocycles. The van der Waals surface area contributed by atoms with Gasteiger partial charge in [-0.3, -0.25) is 0 Å². The number of hydrogen-bond acceptors (Lipinski definition) is 4. The monoisotopic (exact) mass is 258 g/mol. The van der Waals surface area contributed by atoms with Crippen LogP contribution in [0.1, 0.15) is 12.7 Å². The van der Waals surface area contributed by atoms with E-state index in [0.29, 0.717) is 12.3 Å². The van der Waals surface area contributed by atoms with E-state index >= 15 is 0 Å². The second-order valence-corrected chi connectivity index (χ2v) is 4.73. The Balaban J connectivity index is 2.29. The number of rotatable bonds is 6. The predicted molar refractivity (Wildman–Crippen MR) is 67.9 cm³/mol. The first-order valence-corrected chi connectivity index (χ1v) is 6.66. The van der Waals surface area contributed by atoms with Crippen molar-refractivity contribution in [3.05, 3.63) is 24.2 Å². The minimum Gasteiger partial charge on any atom is -0.467 e. The van der Waals surface area contributed by atoms with E-state index in [1.54, 1.807) is 18.4 Å². The van der Waals surface area contributed by atoms with E-state index in [0.717, 1.165) is 0 Å². The Morgan fingerprint density at radius 1 is 1.65 bits per heavy atom. The zero-order valence-corrected chi connectivity index (χ0v) is 10.8. The van der Waals surface area contributed by atoms with E-state index in [4.69, 9.17) is 9.52 Å². The molecule has 1 aromatic heterocycles. The highest BCUT2D eigenvalue weighted by Crippen LogP contribution is 2.09. The van der Waals surface area contributed by atoms with Gasteiger partial charge in [0.1, 0.15) is 5.76 Å². The Morgan fingerprint density at radius 3 is 2.94 bits per heavy atom. The molecule has 0 radical (unpaired) electrons. The molecule has 0 fully saturated rings. The third-order valence-electron chi connectivity index (χ3n) is 2.40. The van der Waals surface area contributed by atoms with Crippen molar-refractivity contribution in [2.24, 2.45) is 0 Å². The Kier molecular flexibility index (Phi) is 5.93. The second-order valence-electron chi connectivity index (χ2n) is 3.65. The molecule has 0 aromatic carbocycles. The van der Waals surface area contributed by atoms with Gasteiger partial charge in [-0.05, 0) is 25.3 Å². The van der Waals surface area contributed by atoms with Crippen molar-refractivity contribution in [2.45, 2.75) is 24.8 Å². The van der Waals surface area contributed by atoms with Gasteiger partial charge >= 0.3 is 6.03 Å². The van der Waals surface area contributed by atoms with E-state index in [9.17, 15) is 4.79 Å². The summed E-state index contributed by atoms with van der Waals surface area (Å²) in [6.45, 7) is 2.26. The second kappa shape index (κ2) is 7.24. The van der Waals surface area contributed by atoms with Crippen LogP contribution in [0.25, 0.3) is 0 Å². The first-order valence-electron chi connectivity index (χ1n) is 5.37. The highest BCUT2D eigenvalue weighted by Gasteiger charge is 2.17. The molecule has 17 heavy (non-hydrogen) atoms. The summed E-state index contributed by atoms with van der Waals surface area (Å²) in [6.07, 6.45) is 3.47. The summed E-state index contributed by atoms with van der Waals surface area (Å²) in [5.74, 6) is 0.705. The molecule has 0 unspecified atom stereocenters. The molecule has 0 bridgehead atoms. The fourth-order valence-electron chi connectivity index (χ4n) is 1.37. The Bertz CT molecular complexity index is 325. The molecule has 1 heterocycles. The van der Waals surface area contributed by atoms with E-state index in [-0.39, 0.29) is 23.9 Å². The lowest BCUT2D eigenvalue weighted by Gasteiger charge is -2.21. The number of nitrogens with one attached hydrogen (secondary N) is 2. The number of thioether (sulfide) groups is 1. The summed E-state index contributed by atoms with van der Waals surface area (Å²) in [5, 5.41) is 14.5. The zero-order chi connectivity index (χ0) is 12.7. The number of amides is 2. The largest absolute Gasteiger partial charge is 0.467 e. The molecule has 96 valence electrons. The van der Waals surface area contributed by atoms with Gasteiger partial charge in [0.25, 0.3) is 0 Å². The molecule has 0 spiro atoms. The Morgan fingerprint density at radius 2 is 2.41 bits per heavy atom. The van der Waals surface area contributed by atoms with Crippen molar-refractivity contribution in [3.63, 3.8) is 0 Å². The molecule has 0 aliphatic carbocycles. The van der Waals surface area contributed by atoms with Crippen LogP contribution in [0, 0.1) is 0 Å². The third kappa shape index (κ3) is 4.70. The molecular formula is C11H18N2O3S. The van der Waals surface area contributed by atoms with E-state index < -0.39 is 0 Å². The first kappa shape index (κ1) is 13.9. The van der Waals surface area contributed by atoms with Crippen LogP contribution in [-0.4, -0.2) is 35.3 Å². The highest BCUT2D eigenvalue weighted by atomic mass is 32.2. The van der Waals surface area contributed by atoms with Gasteiger partial charge in [-0.25, -0.2) is 4.79 Å². The number of urea groups is 1. The minimum absolute atomic E-state index is 0.00404. The fourth-order valence-corrected chi connectivity index (χ4v) is 1.99. The van der Waals surface area contributed by atoms with E-state index in [1.165, 1.54) is 11.8 Å². The maximum atomic E-state index is 11.5. The van der Waals surface area contributed by atoms with Crippen LogP contribution in [0.15, 0.2) is 22.8 Å². The molecule has 6 heteroatoms. The lowest BCUT2D eigenvalue weighted by atomic mass is 10.2. The minimum atomic E-state index is -0.263. The SMILES string of the molecule is CS[C@@H](CO)[C@H](C)NC(=O)NCc1ccco1. The van der Waals surface area contributed by atoms with Gasteiger partial charge in [-0.2, -0.15) is 11.8 Å². The highest BCUT2D eigenvalue weighted by molar-refractivity contribution is 7.99. The number of hydrogen-bond donors (Lipinski definition) is 3. The van der Waals surface area contributed by atoms with Crippen LogP contribution in [-0.2, 0) is 6.54 Å². The fraction of sp³-hybridized carbons (Fsp3) is 0.545. The van der Waals surface area contributed by atoms with Gasteiger partial charge in [-0.15, -0.1) is 0 Å². The summed E-state index contributed by atoms with van der Waals surface area (Å²) in [6, 6.07) is 3.21. The molecule has 1 aromatic rings. The lowest BCUT2D eigenvalue weighted by molar-refractivity contribution is 0.231. The van der Waals surface area contributed by atoms with Crippen LogP contribution < -0.4 is 10.6 Å². The Labute approximate surface area is 105 Å². The standard InChI is InChI=1S/C11H18N2O3S/c1-8(10(7-14)17-2)13-11(15)12-6-9-4-3-5-16-9/h3-5,8,10,14H,6-7H2,1-2H3,(H2,12,13,15)/t8-,10-/m0/s1. The smallest absolute Gasteiger partial charge is 0.315 e. The van der Waals surface area contributed by atoms with Crippen LogP contribution in [0.3, 0.4) is 0 Å². The van der Waals surface area contributed by atoms with Gasteiger partial charge < -0.3 is 20.2 Å². The molecule has 0 saturated heterocycles. The average molecular weight is 258 g/mol. The van der Waals surface area contributed by atoms with Crippen molar-refractivity contribution in [2.75, 3.05) is 12.9 Å². The van der Waals surface area contributed by atoms with Crippen LogP contribution in [0.5, 0.6) is 0 Å². The summed E-state index contributed by atoms with van der Waals surface area (Å²) < 4.78 is 5.09. The van der Waals surface area contributed by atoms with Gasteiger partial charge in [0.15, 0.2) is 0 Å². The maximum Gasteiger partial charge on any atom is 0.315 e. The van der Waals surface area contributed by atoms with Gasteiger partial charge in [0.05, 0.1) is 19.4 Å². The number of carbonyl (C=O) groups excluding carboxylic acids is 1. The summed E-state index contributed by atoms with van der Waals surface area (Å²) in [5.41, 5.74) is 0. The van der Waals surface area contributed by atoms with Gasteiger partial charge in [0.2, 0.25) is 0 Å². The van der Waals surface area contributed by atoms with Gasteiger partial charge in [0, 0.05) is 11.3 Å². The number of aliphatic hydroxyl groups excluding tert-OH is 1. The van der Waals surface area contributed by atoms with Crippen molar-refractivity contribution < 1.29 is 14.3 Å². The number of furan rings is 1. The summed E-state index contributed by atoms with van der Waals surface area (Å²) >= 11 is 1.52. The van der Waals surface area contributed by atoms with Crippen molar-refractivity contribution in [1.82, 2.24) is 10.6 Å². The Hall–Kier alpha value is -1.14. The first-order chi connectivity index (χ1) is 8.17. The van der Waals surface area contributed by atoms with Crippen LogP contribution in [0.2, 0.25) is 0 Å². The topological polar surface area (TPSA) is 74.5 Å². The predicted octanol–water partition coefficient (Wildman–Crippen LogP) is 1.19. The molecule has 2 atom stereocenters. The zero-order valence-electron chi connectivity index (χ0n) is 9.97. The molecule has 0 aliphatic rings. The molecule has 2 amide bonds. The molecule has 1 rings (SSSR count). The van der Waals surface area contributed by atoms with E-state index in [1.807, 2.05) is 13.2 Å². The number of aliphatic hydroxyl groups is 1. The normalized spacial score (nSPS) is 14.1. The quantitative estimate of drug-likeness (QED) is 0.716. The van der Waals surface area contributed by atoms with Crippen molar-refractivity contribution >= 4 is 17.8 Å². The van der Waals surface area contributed by atoms with E-state index in [2.05, 4.69) is 10.6 Å². The average Bonchev–Trinajstić information content (AvgIpc) is 2.81. The number of carbonyl (C=O) groups is 1. The summed E-state index contributed by atoms with van der Waals surface area (Å²) in [4.78, 5) is 11.5. The lowest BCUT2D eigenvalue weighted by Crippen LogP contribution is -2.45. The van der Waals surface area contributed by atoms with Gasteiger partial charge in [-0.1, -0.05) is 0 Å². The molecule has 5 nitrogen and oxygen atoms in total. The van der Waals surface area contributed by atoms with Crippen molar-refractivity contribution in [1.29, 1.82) is 0 Å². The van der Waals surface area contributed by atoms with Crippen molar-refractivity contribution in [3.8, 4) is 0 Å². The van der Waals surface area contributed by atoms with Crippen LogP contribution >= 0.6 is 11.8 Å². The summed E-state index contributed by atoms with van der Waals surface area (Å²) in [7, 11) is 0. The molecule has 0 aliphatic heterocycles. The third-order valence-corrected chi connectivity index (χ3v) is 3.57. The molecular weight excluding hydrogens is 240 g/mol.